The Morgan fingerprint density at radius 1 is 0.960 bits per heavy atom. The first kappa shape index (κ1) is 20.3. The Morgan fingerprint density at radius 3 is 2.04 bits per heavy atom. The Kier molecular flexibility index (Phi) is 5.61. The first-order valence-electron chi connectivity index (χ1n) is 9.23. The van der Waals surface area contributed by atoms with E-state index < -0.39 is 8.07 Å². The van der Waals surface area contributed by atoms with E-state index in [4.69, 9.17) is 0 Å². The highest BCUT2D eigenvalue weighted by Crippen LogP contribution is 2.38. The van der Waals surface area contributed by atoms with Crippen molar-refractivity contribution in [2.45, 2.75) is 77.9 Å². The van der Waals surface area contributed by atoms with Crippen LogP contribution in [0.25, 0.3) is 0 Å². The molecule has 1 heterocycles. The van der Waals surface area contributed by atoms with Crippen molar-refractivity contribution in [3.05, 3.63) is 46.3 Å². The SMILES string of the molecule is CC(C)(C)c1cc(CC[Si](C)(C)c2cccs2)c(C(C)(C)C)cc1O. The van der Waals surface area contributed by atoms with Gasteiger partial charge in [-0.3, -0.25) is 0 Å². The minimum Gasteiger partial charge on any atom is -0.508 e. The quantitative estimate of drug-likeness (QED) is 0.631. The molecule has 3 heteroatoms. The molecular formula is C22H34OSSi. The van der Waals surface area contributed by atoms with E-state index in [1.54, 1.807) is 4.50 Å². The summed E-state index contributed by atoms with van der Waals surface area (Å²) in [5, 5.41) is 12.8. The fourth-order valence-corrected chi connectivity index (χ4v) is 7.31. The van der Waals surface area contributed by atoms with Crippen LogP contribution in [0.3, 0.4) is 0 Å². The van der Waals surface area contributed by atoms with Gasteiger partial charge in [-0.15, -0.1) is 0 Å². The second-order valence-electron chi connectivity index (χ2n) is 9.89. The second kappa shape index (κ2) is 6.92. The molecule has 0 unspecified atom stereocenters. The normalized spacial score (nSPS) is 13.3. The van der Waals surface area contributed by atoms with Crippen molar-refractivity contribution in [2.75, 3.05) is 0 Å². The van der Waals surface area contributed by atoms with E-state index >= 15 is 0 Å². The Hall–Kier alpha value is -1.06. The Balaban J connectivity index is 2.41. The number of hydrogen-bond donors (Lipinski definition) is 1. The number of thiophene rings is 1. The third-order valence-electron chi connectivity index (χ3n) is 5.05. The fraction of sp³-hybridized carbons (Fsp3) is 0.545. The number of phenols is 1. The number of hydrogen-bond acceptors (Lipinski definition) is 2. The molecule has 0 aliphatic carbocycles. The zero-order chi connectivity index (χ0) is 19.0. The van der Waals surface area contributed by atoms with Crippen molar-refractivity contribution in [2.24, 2.45) is 0 Å². The zero-order valence-electron chi connectivity index (χ0n) is 17.2. The van der Waals surface area contributed by atoms with Gasteiger partial charge < -0.3 is 5.11 Å². The molecule has 0 atom stereocenters. The Morgan fingerprint density at radius 2 is 1.56 bits per heavy atom. The van der Waals surface area contributed by atoms with Gasteiger partial charge in [0.05, 0.1) is 8.07 Å². The van der Waals surface area contributed by atoms with E-state index in [9.17, 15) is 5.11 Å². The lowest BCUT2D eigenvalue weighted by Gasteiger charge is -2.29. The average molecular weight is 375 g/mol. The van der Waals surface area contributed by atoms with Crippen LogP contribution in [-0.4, -0.2) is 13.2 Å². The van der Waals surface area contributed by atoms with Crippen LogP contribution in [0, 0.1) is 0 Å². The molecular weight excluding hydrogens is 340 g/mol. The zero-order valence-corrected chi connectivity index (χ0v) is 19.0. The first-order chi connectivity index (χ1) is 11.3. The molecule has 2 rings (SSSR count). The summed E-state index contributed by atoms with van der Waals surface area (Å²) in [4.78, 5) is 0. The molecule has 2 aromatic rings. The predicted octanol–water partition coefficient (Wildman–Crippen LogP) is 6.21. The highest BCUT2D eigenvalue weighted by molar-refractivity contribution is 7.25. The smallest absolute Gasteiger partial charge is 0.119 e. The summed E-state index contributed by atoms with van der Waals surface area (Å²) >= 11 is 1.91. The van der Waals surface area contributed by atoms with Gasteiger partial charge in [-0.1, -0.05) is 72.8 Å². The first-order valence-corrected chi connectivity index (χ1v) is 13.3. The lowest BCUT2D eigenvalue weighted by Crippen LogP contribution is -2.39. The molecule has 0 amide bonds. The fourth-order valence-electron chi connectivity index (χ4n) is 3.37. The van der Waals surface area contributed by atoms with Gasteiger partial charge in [0.2, 0.25) is 0 Å². The molecule has 0 bridgehead atoms. The summed E-state index contributed by atoms with van der Waals surface area (Å²) in [5.74, 6) is 0.441. The third kappa shape index (κ3) is 4.76. The second-order valence-corrected chi connectivity index (χ2v) is 16.0. The van der Waals surface area contributed by atoms with E-state index in [1.807, 2.05) is 17.4 Å². The molecule has 0 aliphatic heterocycles. The summed E-state index contributed by atoms with van der Waals surface area (Å²) in [5.41, 5.74) is 3.75. The summed E-state index contributed by atoms with van der Waals surface area (Å²) in [6.45, 7) is 18.2. The largest absolute Gasteiger partial charge is 0.508 e. The minimum atomic E-state index is -1.41. The maximum atomic E-state index is 10.6. The van der Waals surface area contributed by atoms with Crippen molar-refractivity contribution >= 4 is 23.9 Å². The van der Waals surface area contributed by atoms with E-state index in [0.717, 1.165) is 12.0 Å². The van der Waals surface area contributed by atoms with Crippen molar-refractivity contribution < 1.29 is 5.11 Å². The monoisotopic (exact) mass is 374 g/mol. The lowest BCUT2D eigenvalue weighted by atomic mass is 9.78. The third-order valence-corrected chi connectivity index (χ3v) is 10.7. The molecule has 0 fully saturated rings. The summed E-state index contributed by atoms with van der Waals surface area (Å²) in [6, 6.07) is 10.0. The molecule has 0 aliphatic rings. The van der Waals surface area contributed by atoms with Crippen LogP contribution >= 0.6 is 11.3 Å². The Labute approximate surface area is 159 Å². The van der Waals surface area contributed by atoms with Crippen molar-refractivity contribution in [3.8, 4) is 5.75 Å². The maximum absolute atomic E-state index is 10.6. The van der Waals surface area contributed by atoms with Crippen LogP contribution in [0.1, 0.15) is 58.2 Å². The topological polar surface area (TPSA) is 20.2 Å². The van der Waals surface area contributed by atoms with Gasteiger partial charge in [-0.25, -0.2) is 0 Å². The van der Waals surface area contributed by atoms with Crippen molar-refractivity contribution in [3.63, 3.8) is 0 Å². The van der Waals surface area contributed by atoms with Gasteiger partial charge >= 0.3 is 0 Å². The van der Waals surface area contributed by atoms with Crippen molar-refractivity contribution in [1.82, 2.24) is 0 Å². The van der Waals surface area contributed by atoms with Crippen LogP contribution in [-0.2, 0) is 17.3 Å². The van der Waals surface area contributed by atoms with E-state index in [0.29, 0.717) is 5.75 Å². The van der Waals surface area contributed by atoms with Crippen LogP contribution < -0.4 is 4.50 Å². The van der Waals surface area contributed by atoms with Gasteiger partial charge in [0.1, 0.15) is 5.75 Å². The number of rotatable bonds is 4. The van der Waals surface area contributed by atoms with Crippen LogP contribution in [0.4, 0.5) is 0 Å². The van der Waals surface area contributed by atoms with Gasteiger partial charge in [0.25, 0.3) is 0 Å². The summed E-state index contributed by atoms with van der Waals surface area (Å²) in [6.07, 6.45) is 1.09. The maximum Gasteiger partial charge on any atom is 0.119 e. The number of aromatic hydroxyl groups is 1. The molecule has 0 radical (unpaired) electrons. The molecule has 1 N–H and O–H groups in total. The van der Waals surface area contributed by atoms with Gasteiger partial charge in [0, 0.05) is 0 Å². The highest BCUT2D eigenvalue weighted by atomic mass is 32.1. The van der Waals surface area contributed by atoms with Crippen molar-refractivity contribution in [1.29, 1.82) is 0 Å². The van der Waals surface area contributed by atoms with E-state index in [2.05, 4.69) is 78.2 Å². The predicted molar refractivity (Wildman–Crippen MR) is 115 cm³/mol. The Bertz CT molecular complexity index is 716. The molecule has 25 heavy (non-hydrogen) atoms. The summed E-state index contributed by atoms with van der Waals surface area (Å²) < 4.78 is 1.58. The van der Waals surface area contributed by atoms with Gasteiger partial charge in [-0.2, -0.15) is 11.3 Å². The molecule has 0 saturated carbocycles. The van der Waals surface area contributed by atoms with E-state index in [-0.39, 0.29) is 10.8 Å². The lowest BCUT2D eigenvalue weighted by molar-refractivity contribution is 0.442. The van der Waals surface area contributed by atoms with Crippen LogP contribution in [0.5, 0.6) is 5.75 Å². The van der Waals surface area contributed by atoms with Crippen LogP contribution in [0.2, 0.25) is 19.1 Å². The molecule has 1 aromatic carbocycles. The van der Waals surface area contributed by atoms with Gasteiger partial charge in [0.15, 0.2) is 0 Å². The highest BCUT2D eigenvalue weighted by Gasteiger charge is 2.28. The summed E-state index contributed by atoms with van der Waals surface area (Å²) in [7, 11) is -1.41. The molecule has 1 nitrogen and oxygen atoms in total. The number of phenolic OH excluding ortho intramolecular Hbond substituents is 1. The molecule has 0 saturated heterocycles. The molecule has 1 aromatic heterocycles. The number of benzene rings is 1. The molecule has 0 spiro atoms. The van der Waals surface area contributed by atoms with E-state index in [1.165, 1.54) is 17.2 Å². The van der Waals surface area contributed by atoms with Gasteiger partial charge in [-0.05, 0) is 55.9 Å². The molecule has 138 valence electrons. The average Bonchev–Trinajstić information content (AvgIpc) is 2.98. The van der Waals surface area contributed by atoms with Crippen LogP contribution in [0.15, 0.2) is 29.6 Å². The minimum absolute atomic E-state index is 0.0395. The number of aryl methyl sites for hydroxylation is 1. The standard InChI is InChI=1S/C22H34OSSi/c1-21(2,3)17-15-19(23)18(22(4,5)6)14-16(17)11-13-25(7,8)20-10-9-12-24-20/h9-10,12,14-15,23H,11,13H2,1-8H3.